The number of halogens is 2. The van der Waals surface area contributed by atoms with Gasteiger partial charge in [0.1, 0.15) is 11.6 Å². The van der Waals surface area contributed by atoms with Gasteiger partial charge in [0.25, 0.3) is 0 Å². The van der Waals surface area contributed by atoms with Crippen LogP contribution in [0.15, 0.2) is 30.6 Å². The molecule has 1 aliphatic rings. The number of nitrogens with zero attached hydrogens (tertiary/aromatic N) is 1. The first kappa shape index (κ1) is 11.4. The van der Waals surface area contributed by atoms with Crippen molar-refractivity contribution in [2.75, 3.05) is 18.4 Å². The Morgan fingerprint density at radius 1 is 1.29 bits per heavy atom. The first-order valence-corrected chi connectivity index (χ1v) is 5.09. The van der Waals surface area contributed by atoms with Crippen LogP contribution in [0.4, 0.5) is 19.3 Å². The van der Waals surface area contributed by atoms with Gasteiger partial charge >= 0.3 is 6.03 Å². The first-order chi connectivity index (χ1) is 8.15. The molecule has 0 saturated heterocycles. The molecule has 0 aliphatic carbocycles. The second kappa shape index (κ2) is 4.82. The smallest absolute Gasteiger partial charge is 0.325 e. The van der Waals surface area contributed by atoms with Crippen LogP contribution >= 0.6 is 0 Å². The monoisotopic (exact) mass is 239 g/mol. The van der Waals surface area contributed by atoms with Crippen molar-refractivity contribution in [1.29, 1.82) is 0 Å². The van der Waals surface area contributed by atoms with E-state index in [0.717, 1.165) is 18.2 Å². The maximum absolute atomic E-state index is 12.9. The molecule has 6 heteroatoms. The fourth-order valence-corrected chi connectivity index (χ4v) is 1.48. The summed E-state index contributed by atoms with van der Waals surface area (Å²) in [6, 6.07) is 2.45. The molecular formula is C11H11F2N3O. The van der Waals surface area contributed by atoms with Crippen molar-refractivity contribution in [3.8, 4) is 0 Å². The zero-order valence-electron chi connectivity index (χ0n) is 8.91. The van der Waals surface area contributed by atoms with E-state index >= 15 is 0 Å². The van der Waals surface area contributed by atoms with Crippen molar-refractivity contribution in [3.05, 3.63) is 42.2 Å². The predicted octanol–water partition coefficient (Wildman–Crippen LogP) is 1.87. The summed E-state index contributed by atoms with van der Waals surface area (Å²) in [5.41, 5.74) is 0.0967. The first-order valence-electron chi connectivity index (χ1n) is 5.09. The molecule has 4 nitrogen and oxygen atoms in total. The minimum Gasteiger partial charge on any atom is -0.388 e. The van der Waals surface area contributed by atoms with Crippen LogP contribution < -0.4 is 10.6 Å². The van der Waals surface area contributed by atoms with E-state index in [-0.39, 0.29) is 5.69 Å². The average molecular weight is 239 g/mol. The summed E-state index contributed by atoms with van der Waals surface area (Å²) in [6.07, 6.45) is 3.20. The molecule has 0 unspecified atom stereocenters. The minimum atomic E-state index is -0.726. The molecule has 1 heterocycles. The highest BCUT2D eigenvalue weighted by Gasteiger charge is 2.13. The van der Waals surface area contributed by atoms with Crippen molar-refractivity contribution in [1.82, 2.24) is 10.2 Å². The standard InChI is InChI=1S/C11H11F2N3O/c12-8-5-9(13)7-10(6-8)15-11(17)16-3-1-14-2-4-16/h1,3,5-7,14H,2,4H2,(H,15,17). The van der Waals surface area contributed by atoms with E-state index < -0.39 is 17.7 Å². The highest BCUT2D eigenvalue weighted by Crippen LogP contribution is 2.13. The number of amides is 2. The van der Waals surface area contributed by atoms with Gasteiger partial charge in [-0.05, 0) is 12.1 Å². The molecular weight excluding hydrogens is 228 g/mol. The van der Waals surface area contributed by atoms with E-state index in [1.54, 1.807) is 12.4 Å². The summed E-state index contributed by atoms with van der Waals surface area (Å²) < 4.78 is 25.8. The SMILES string of the molecule is O=C(Nc1cc(F)cc(F)c1)N1C=CNCC1. The lowest BCUT2D eigenvalue weighted by atomic mass is 10.3. The number of nitrogens with one attached hydrogen (secondary N) is 2. The maximum Gasteiger partial charge on any atom is 0.325 e. The van der Waals surface area contributed by atoms with E-state index in [9.17, 15) is 13.6 Å². The predicted molar refractivity (Wildman–Crippen MR) is 59.2 cm³/mol. The number of benzene rings is 1. The third-order valence-electron chi connectivity index (χ3n) is 2.24. The molecule has 2 N–H and O–H groups in total. The molecule has 0 fully saturated rings. The molecule has 0 bridgehead atoms. The molecule has 90 valence electrons. The Morgan fingerprint density at radius 2 is 2.00 bits per heavy atom. The normalized spacial score (nSPS) is 14.4. The Balaban J connectivity index is 2.07. The van der Waals surface area contributed by atoms with Crippen LogP contribution in [0.25, 0.3) is 0 Å². The molecule has 0 atom stereocenters. The lowest BCUT2D eigenvalue weighted by Crippen LogP contribution is -2.38. The topological polar surface area (TPSA) is 44.4 Å². The van der Waals surface area contributed by atoms with Crippen molar-refractivity contribution in [2.45, 2.75) is 0 Å². The second-order valence-corrected chi connectivity index (χ2v) is 3.55. The van der Waals surface area contributed by atoms with Gasteiger partial charge < -0.3 is 10.6 Å². The van der Waals surface area contributed by atoms with Crippen LogP contribution in [0.3, 0.4) is 0 Å². The summed E-state index contributed by atoms with van der Waals surface area (Å²) in [7, 11) is 0. The Hall–Kier alpha value is -2.11. The molecule has 0 spiro atoms. The maximum atomic E-state index is 12.9. The second-order valence-electron chi connectivity index (χ2n) is 3.55. The Morgan fingerprint density at radius 3 is 2.59 bits per heavy atom. The largest absolute Gasteiger partial charge is 0.388 e. The Bertz CT molecular complexity index is 442. The summed E-state index contributed by atoms with van der Waals surface area (Å²) in [5.74, 6) is -1.45. The summed E-state index contributed by atoms with van der Waals surface area (Å²) in [5, 5.41) is 5.35. The highest BCUT2D eigenvalue weighted by molar-refractivity contribution is 5.90. The van der Waals surface area contributed by atoms with Crippen molar-refractivity contribution in [2.24, 2.45) is 0 Å². The van der Waals surface area contributed by atoms with Gasteiger partial charge in [-0.25, -0.2) is 13.6 Å². The lowest BCUT2D eigenvalue weighted by molar-refractivity contribution is 0.227. The number of hydrogen-bond acceptors (Lipinski definition) is 2. The van der Waals surface area contributed by atoms with Crippen molar-refractivity contribution in [3.63, 3.8) is 0 Å². The zero-order chi connectivity index (χ0) is 12.3. The van der Waals surface area contributed by atoms with Gasteiger partial charge in [-0.2, -0.15) is 0 Å². The molecule has 2 amide bonds. The van der Waals surface area contributed by atoms with Crippen LogP contribution in [0, 0.1) is 11.6 Å². The van der Waals surface area contributed by atoms with Crippen LogP contribution in [-0.2, 0) is 0 Å². The van der Waals surface area contributed by atoms with Crippen LogP contribution in [0.2, 0.25) is 0 Å². The van der Waals surface area contributed by atoms with Crippen LogP contribution in [0.5, 0.6) is 0 Å². The molecule has 17 heavy (non-hydrogen) atoms. The summed E-state index contributed by atoms with van der Waals surface area (Å²) in [4.78, 5) is 13.1. The third-order valence-corrected chi connectivity index (χ3v) is 2.24. The molecule has 1 aromatic carbocycles. The van der Waals surface area contributed by atoms with E-state index in [0.29, 0.717) is 13.1 Å². The molecule has 0 radical (unpaired) electrons. The summed E-state index contributed by atoms with van der Waals surface area (Å²) >= 11 is 0. The fourth-order valence-electron chi connectivity index (χ4n) is 1.48. The third kappa shape index (κ3) is 2.93. The Kier molecular flexibility index (Phi) is 3.22. The zero-order valence-corrected chi connectivity index (χ0v) is 8.91. The van der Waals surface area contributed by atoms with Gasteiger partial charge in [0.2, 0.25) is 0 Å². The number of hydrogen-bond donors (Lipinski definition) is 2. The number of anilines is 1. The van der Waals surface area contributed by atoms with Gasteiger partial charge in [-0.3, -0.25) is 4.90 Å². The van der Waals surface area contributed by atoms with Gasteiger partial charge in [0.15, 0.2) is 0 Å². The number of urea groups is 1. The van der Waals surface area contributed by atoms with E-state index in [2.05, 4.69) is 10.6 Å². The van der Waals surface area contributed by atoms with E-state index in [4.69, 9.17) is 0 Å². The van der Waals surface area contributed by atoms with Gasteiger partial charge in [-0.1, -0.05) is 0 Å². The number of rotatable bonds is 1. The fraction of sp³-hybridized carbons (Fsp3) is 0.182. The number of carbonyl (C=O) groups is 1. The van der Waals surface area contributed by atoms with Gasteiger partial charge in [0, 0.05) is 37.2 Å². The average Bonchev–Trinajstić information content (AvgIpc) is 2.28. The van der Waals surface area contributed by atoms with E-state index in [1.807, 2.05) is 0 Å². The number of carbonyl (C=O) groups excluding carboxylic acids is 1. The van der Waals surface area contributed by atoms with Crippen LogP contribution in [0.1, 0.15) is 0 Å². The molecule has 1 aromatic rings. The van der Waals surface area contributed by atoms with Crippen LogP contribution in [-0.4, -0.2) is 24.0 Å². The highest BCUT2D eigenvalue weighted by atomic mass is 19.1. The molecule has 0 aromatic heterocycles. The van der Waals surface area contributed by atoms with Crippen molar-refractivity contribution >= 4 is 11.7 Å². The quantitative estimate of drug-likeness (QED) is 0.785. The van der Waals surface area contributed by atoms with Gasteiger partial charge in [0.05, 0.1) is 0 Å². The molecule has 0 saturated carbocycles. The van der Waals surface area contributed by atoms with E-state index in [1.165, 1.54) is 4.90 Å². The van der Waals surface area contributed by atoms with Gasteiger partial charge in [-0.15, -0.1) is 0 Å². The molecule has 1 aliphatic heterocycles. The minimum absolute atomic E-state index is 0.0967. The Labute approximate surface area is 96.9 Å². The summed E-state index contributed by atoms with van der Waals surface area (Å²) in [6.45, 7) is 1.14. The molecule has 2 rings (SSSR count). The van der Waals surface area contributed by atoms with Crippen molar-refractivity contribution < 1.29 is 13.6 Å². The lowest BCUT2D eigenvalue weighted by Gasteiger charge is -2.22.